The first kappa shape index (κ1) is 15.0. The van der Waals surface area contributed by atoms with Crippen LogP contribution >= 0.6 is 0 Å². The Bertz CT molecular complexity index is 581. The molecule has 1 aromatic heterocycles. The van der Waals surface area contributed by atoms with E-state index in [9.17, 15) is 13.2 Å². The van der Waals surface area contributed by atoms with Gasteiger partial charge < -0.3 is 9.42 Å². The van der Waals surface area contributed by atoms with Crippen LogP contribution in [-0.4, -0.2) is 60.6 Å². The predicted octanol–water partition coefficient (Wildman–Crippen LogP) is 0.399. The summed E-state index contributed by atoms with van der Waals surface area (Å²) in [5.74, 6) is 0.441. The first-order valence-corrected chi connectivity index (χ1v) is 8.17. The number of hydrogen-bond donors (Lipinski definition) is 0. The highest BCUT2D eigenvalue weighted by Gasteiger charge is 2.30. The van der Waals surface area contributed by atoms with Crippen LogP contribution in [0.1, 0.15) is 28.7 Å². The first-order chi connectivity index (χ1) is 9.36. The molecule has 1 aliphatic heterocycles. The molecule has 0 spiro atoms. The molecule has 0 radical (unpaired) electrons. The SMILES string of the molecule is CCS(=O)(=O)N1CCN(C(=O)c2c(C)noc2C)CC1. The van der Waals surface area contributed by atoms with E-state index in [0.29, 0.717) is 43.2 Å². The lowest BCUT2D eigenvalue weighted by atomic mass is 10.1. The maximum atomic E-state index is 12.4. The van der Waals surface area contributed by atoms with Gasteiger partial charge in [0, 0.05) is 26.2 Å². The molecule has 2 rings (SSSR count). The molecule has 20 heavy (non-hydrogen) atoms. The lowest BCUT2D eigenvalue weighted by molar-refractivity contribution is 0.0695. The lowest BCUT2D eigenvalue weighted by Gasteiger charge is -2.33. The molecule has 1 amide bonds. The van der Waals surface area contributed by atoms with Crippen LogP contribution in [0.4, 0.5) is 0 Å². The Balaban J connectivity index is 2.07. The van der Waals surface area contributed by atoms with Crippen LogP contribution in [0, 0.1) is 13.8 Å². The minimum absolute atomic E-state index is 0.0881. The van der Waals surface area contributed by atoms with Gasteiger partial charge in [-0.15, -0.1) is 0 Å². The summed E-state index contributed by atoms with van der Waals surface area (Å²) in [5.41, 5.74) is 1.05. The number of hydrogen-bond acceptors (Lipinski definition) is 5. The monoisotopic (exact) mass is 301 g/mol. The highest BCUT2D eigenvalue weighted by atomic mass is 32.2. The van der Waals surface area contributed by atoms with Crippen LogP contribution < -0.4 is 0 Å². The Morgan fingerprint density at radius 2 is 1.85 bits per heavy atom. The van der Waals surface area contributed by atoms with E-state index in [2.05, 4.69) is 5.16 Å². The summed E-state index contributed by atoms with van der Waals surface area (Å²) in [7, 11) is -3.18. The zero-order chi connectivity index (χ0) is 14.9. The minimum Gasteiger partial charge on any atom is -0.361 e. The van der Waals surface area contributed by atoms with Gasteiger partial charge in [-0.2, -0.15) is 4.31 Å². The quantitative estimate of drug-likeness (QED) is 0.807. The number of amides is 1. The smallest absolute Gasteiger partial charge is 0.259 e. The van der Waals surface area contributed by atoms with E-state index < -0.39 is 10.0 Å². The highest BCUT2D eigenvalue weighted by Crippen LogP contribution is 2.17. The predicted molar refractivity (Wildman–Crippen MR) is 72.9 cm³/mol. The number of sulfonamides is 1. The van der Waals surface area contributed by atoms with E-state index in [0.717, 1.165) is 0 Å². The summed E-state index contributed by atoms with van der Waals surface area (Å²) < 4.78 is 30.0. The summed E-state index contributed by atoms with van der Waals surface area (Å²) in [6, 6.07) is 0. The van der Waals surface area contributed by atoms with E-state index in [4.69, 9.17) is 4.52 Å². The van der Waals surface area contributed by atoms with Crippen molar-refractivity contribution < 1.29 is 17.7 Å². The Labute approximate surface area is 118 Å². The summed E-state index contributed by atoms with van der Waals surface area (Å²) in [6.07, 6.45) is 0. The fourth-order valence-corrected chi connectivity index (χ4v) is 3.38. The van der Waals surface area contributed by atoms with Gasteiger partial charge in [0.2, 0.25) is 10.0 Å². The molecule has 1 saturated heterocycles. The molecule has 1 fully saturated rings. The summed E-state index contributed by atoms with van der Waals surface area (Å²) >= 11 is 0. The maximum Gasteiger partial charge on any atom is 0.259 e. The Morgan fingerprint density at radius 3 is 2.30 bits per heavy atom. The van der Waals surface area contributed by atoms with Gasteiger partial charge in [-0.3, -0.25) is 4.79 Å². The molecule has 7 nitrogen and oxygen atoms in total. The average Bonchev–Trinajstić information content (AvgIpc) is 2.77. The van der Waals surface area contributed by atoms with Crippen molar-refractivity contribution in [1.82, 2.24) is 14.4 Å². The van der Waals surface area contributed by atoms with Gasteiger partial charge in [-0.05, 0) is 20.8 Å². The van der Waals surface area contributed by atoms with Gasteiger partial charge >= 0.3 is 0 Å². The molecule has 0 unspecified atom stereocenters. The molecule has 1 aliphatic rings. The fourth-order valence-electron chi connectivity index (χ4n) is 2.30. The van der Waals surface area contributed by atoms with Crippen LogP contribution in [0.2, 0.25) is 0 Å². The molecule has 0 N–H and O–H groups in total. The van der Waals surface area contributed by atoms with Gasteiger partial charge in [0.25, 0.3) is 5.91 Å². The fraction of sp³-hybridized carbons (Fsp3) is 0.667. The summed E-state index contributed by atoms with van der Waals surface area (Å²) in [5, 5.41) is 3.77. The van der Waals surface area contributed by atoms with Crippen molar-refractivity contribution in [3.05, 3.63) is 17.0 Å². The molecule has 8 heteroatoms. The molecule has 1 aromatic rings. The standard InChI is InChI=1S/C12H19N3O4S/c1-4-20(17,18)15-7-5-14(6-8-15)12(16)11-9(2)13-19-10(11)3/h4-8H2,1-3H3. The normalized spacial score (nSPS) is 17.4. The number of rotatable bonds is 3. The molecular formula is C12H19N3O4S. The average molecular weight is 301 g/mol. The van der Waals surface area contributed by atoms with E-state index in [1.807, 2.05) is 0 Å². The van der Waals surface area contributed by atoms with Crippen molar-refractivity contribution in [2.45, 2.75) is 20.8 Å². The van der Waals surface area contributed by atoms with E-state index in [-0.39, 0.29) is 11.7 Å². The molecular weight excluding hydrogens is 282 g/mol. The Morgan fingerprint density at radius 1 is 1.25 bits per heavy atom. The highest BCUT2D eigenvalue weighted by molar-refractivity contribution is 7.89. The molecule has 0 aliphatic carbocycles. The Kier molecular flexibility index (Phi) is 4.14. The van der Waals surface area contributed by atoms with Crippen LogP contribution in [-0.2, 0) is 10.0 Å². The number of carbonyl (C=O) groups is 1. The summed E-state index contributed by atoms with van der Waals surface area (Å²) in [6.45, 7) is 6.50. The minimum atomic E-state index is -3.18. The van der Waals surface area contributed by atoms with Crippen molar-refractivity contribution in [2.75, 3.05) is 31.9 Å². The maximum absolute atomic E-state index is 12.4. The molecule has 0 bridgehead atoms. The second kappa shape index (κ2) is 5.53. The molecule has 0 aromatic carbocycles. The second-order valence-corrected chi connectivity index (χ2v) is 7.05. The topological polar surface area (TPSA) is 83.7 Å². The lowest BCUT2D eigenvalue weighted by Crippen LogP contribution is -2.51. The Hall–Kier alpha value is -1.41. The number of aromatic nitrogens is 1. The third-order valence-electron chi connectivity index (χ3n) is 3.53. The van der Waals surface area contributed by atoms with Crippen LogP contribution in [0.5, 0.6) is 0 Å². The van der Waals surface area contributed by atoms with Crippen LogP contribution in [0.3, 0.4) is 0 Å². The van der Waals surface area contributed by atoms with E-state index in [1.54, 1.807) is 25.7 Å². The third kappa shape index (κ3) is 2.71. The molecule has 112 valence electrons. The zero-order valence-electron chi connectivity index (χ0n) is 11.9. The van der Waals surface area contributed by atoms with Crippen molar-refractivity contribution in [3.63, 3.8) is 0 Å². The second-order valence-electron chi connectivity index (χ2n) is 4.79. The number of piperazine rings is 1. The van der Waals surface area contributed by atoms with Gasteiger partial charge in [0.1, 0.15) is 11.3 Å². The summed E-state index contributed by atoms with van der Waals surface area (Å²) in [4.78, 5) is 14.0. The van der Waals surface area contributed by atoms with Gasteiger partial charge in [-0.1, -0.05) is 5.16 Å². The molecule has 0 saturated carbocycles. The van der Waals surface area contributed by atoms with Crippen molar-refractivity contribution in [3.8, 4) is 0 Å². The van der Waals surface area contributed by atoms with Crippen molar-refractivity contribution >= 4 is 15.9 Å². The first-order valence-electron chi connectivity index (χ1n) is 6.56. The van der Waals surface area contributed by atoms with Crippen molar-refractivity contribution in [2.24, 2.45) is 0 Å². The molecule has 2 heterocycles. The van der Waals surface area contributed by atoms with Crippen LogP contribution in [0.25, 0.3) is 0 Å². The van der Waals surface area contributed by atoms with Crippen LogP contribution in [0.15, 0.2) is 4.52 Å². The van der Waals surface area contributed by atoms with E-state index >= 15 is 0 Å². The number of aryl methyl sites for hydroxylation is 2. The number of carbonyl (C=O) groups excluding carboxylic acids is 1. The largest absolute Gasteiger partial charge is 0.361 e. The van der Waals surface area contributed by atoms with Gasteiger partial charge in [-0.25, -0.2) is 8.42 Å². The van der Waals surface area contributed by atoms with Gasteiger partial charge in [0.05, 0.1) is 11.4 Å². The van der Waals surface area contributed by atoms with Gasteiger partial charge in [0.15, 0.2) is 0 Å². The van der Waals surface area contributed by atoms with E-state index in [1.165, 1.54) is 4.31 Å². The number of nitrogens with zero attached hydrogens (tertiary/aromatic N) is 3. The third-order valence-corrected chi connectivity index (χ3v) is 5.41. The zero-order valence-corrected chi connectivity index (χ0v) is 12.7. The molecule has 0 atom stereocenters. The van der Waals surface area contributed by atoms with Crippen molar-refractivity contribution in [1.29, 1.82) is 0 Å².